The fourth-order valence-corrected chi connectivity index (χ4v) is 2.47. The van der Waals surface area contributed by atoms with Crippen LogP contribution in [0.15, 0.2) is 28.9 Å². The van der Waals surface area contributed by atoms with Gasteiger partial charge in [0, 0.05) is 21.3 Å². The minimum atomic E-state index is -1.09. The number of benzene rings is 1. The predicted octanol–water partition coefficient (Wildman–Crippen LogP) is 5.63. The van der Waals surface area contributed by atoms with Gasteiger partial charge in [0.15, 0.2) is 11.6 Å². The van der Waals surface area contributed by atoms with Crippen molar-refractivity contribution < 1.29 is 18.3 Å². The van der Waals surface area contributed by atoms with Crippen LogP contribution in [-0.4, -0.2) is 16.3 Å². The van der Waals surface area contributed by atoms with Crippen LogP contribution >= 0.6 is 27.5 Å². The number of carbonyl (C=O) groups excluding carboxylic acids is 1. The zero-order chi connectivity index (χ0) is 16.7. The fraction of sp³-hybridized carbons (Fsp3) is 0.267. The molecule has 0 saturated heterocycles. The molecule has 0 unspecified atom stereocenters. The Hall–Kier alpha value is -1.40. The average molecular weight is 393 g/mol. The molecule has 118 valence electrons. The molecule has 1 heterocycles. The van der Waals surface area contributed by atoms with E-state index in [9.17, 15) is 13.6 Å². The number of hydrogen-bond acceptors (Lipinski definition) is 2. The first-order valence-corrected chi connectivity index (χ1v) is 7.52. The predicted molar refractivity (Wildman–Crippen MR) is 84.1 cm³/mol. The summed E-state index contributed by atoms with van der Waals surface area (Å²) >= 11 is 8.99. The summed E-state index contributed by atoms with van der Waals surface area (Å²) in [4.78, 5) is 12.2. The quantitative estimate of drug-likeness (QED) is 0.589. The third-order valence-electron chi connectivity index (χ3n) is 2.65. The van der Waals surface area contributed by atoms with Crippen LogP contribution in [0.5, 0.6) is 0 Å². The van der Waals surface area contributed by atoms with Gasteiger partial charge in [0.2, 0.25) is 0 Å². The molecular weight excluding hydrogens is 380 g/mol. The Bertz CT molecular complexity index is 738. The van der Waals surface area contributed by atoms with E-state index in [0.29, 0.717) is 4.47 Å². The Morgan fingerprint density at radius 3 is 2.50 bits per heavy atom. The highest BCUT2D eigenvalue weighted by Gasteiger charge is 2.23. The average Bonchev–Trinajstić information content (AvgIpc) is 2.74. The van der Waals surface area contributed by atoms with Crippen molar-refractivity contribution in [2.75, 3.05) is 0 Å². The maximum atomic E-state index is 14.0. The van der Waals surface area contributed by atoms with Gasteiger partial charge in [0.25, 0.3) is 0 Å². The SMILES string of the molecule is CC(C)(C)OC(=O)n1cc(Br)cc1-c1cc(Cl)cc(F)c1F. The lowest BCUT2D eigenvalue weighted by Crippen LogP contribution is -2.27. The van der Waals surface area contributed by atoms with E-state index in [1.807, 2.05) is 0 Å². The maximum absolute atomic E-state index is 14.0. The third-order valence-corrected chi connectivity index (χ3v) is 3.30. The van der Waals surface area contributed by atoms with Gasteiger partial charge in [-0.15, -0.1) is 0 Å². The molecule has 0 aliphatic carbocycles. The first-order valence-electron chi connectivity index (χ1n) is 6.34. The Morgan fingerprint density at radius 2 is 1.91 bits per heavy atom. The van der Waals surface area contributed by atoms with E-state index in [0.717, 1.165) is 10.6 Å². The van der Waals surface area contributed by atoms with Gasteiger partial charge in [-0.3, -0.25) is 4.57 Å². The monoisotopic (exact) mass is 391 g/mol. The van der Waals surface area contributed by atoms with Crippen LogP contribution < -0.4 is 0 Å². The zero-order valence-corrected chi connectivity index (χ0v) is 14.4. The van der Waals surface area contributed by atoms with Crippen LogP contribution in [0.25, 0.3) is 11.3 Å². The van der Waals surface area contributed by atoms with Gasteiger partial charge in [-0.05, 0) is 54.9 Å². The number of carbonyl (C=O) groups is 1. The van der Waals surface area contributed by atoms with Gasteiger partial charge in [-0.2, -0.15) is 0 Å². The van der Waals surface area contributed by atoms with Crippen molar-refractivity contribution in [3.05, 3.63) is 45.5 Å². The lowest BCUT2D eigenvalue weighted by Gasteiger charge is -2.20. The molecule has 22 heavy (non-hydrogen) atoms. The highest BCUT2D eigenvalue weighted by atomic mass is 79.9. The Kier molecular flexibility index (Phi) is 4.63. The van der Waals surface area contributed by atoms with Crippen molar-refractivity contribution in [2.45, 2.75) is 26.4 Å². The number of rotatable bonds is 1. The molecule has 2 aromatic rings. The number of halogens is 4. The van der Waals surface area contributed by atoms with Gasteiger partial charge < -0.3 is 4.74 Å². The van der Waals surface area contributed by atoms with Gasteiger partial charge in [0.05, 0.1) is 5.69 Å². The first-order chi connectivity index (χ1) is 10.1. The number of ether oxygens (including phenoxy) is 1. The molecule has 0 aliphatic rings. The summed E-state index contributed by atoms with van der Waals surface area (Å²) in [6.07, 6.45) is 0.717. The Morgan fingerprint density at radius 1 is 1.27 bits per heavy atom. The van der Waals surface area contributed by atoms with E-state index in [-0.39, 0.29) is 16.3 Å². The van der Waals surface area contributed by atoms with E-state index in [2.05, 4.69) is 15.9 Å². The normalized spacial score (nSPS) is 11.6. The van der Waals surface area contributed by atoms with Gasteiger partial charge in [-0.25, -0.2) is 13.6 Å². The summed E-state index contributed by atoms with van der Waals surface area (Å²) in [5.41, 5.74) is -0.704. The summed E-state index contributed by atoms with van der Waals surface area (Å²) in [5.74, 6) is -2.17. The minimum absolute atomic E-state index is 0.0296. The molecule has 0 spiro atoms. The molecule has 0 radical (unpaired) electrons. The van der Waals surface area contributed by atoms with Crippen LogP contribution in [-0.2, 0) is 4.74 Å². The fourth-order valence-electron chi connectivity index (χ4n) is 1.84. The molecule has 0 aliphatic heterocycles. The third kappa shape index (κ3) is 3.67. The van der Waals surface area contributed by atoms with E-state index in [1.54, 1.807) is 20.8 Å². The van der Waals surface area contributed by atoms with Crippen molar-refractivity contribution in [1.82, 2.24) is 4.57 Å². The molecular formula is C15H13BrClF2NO2. The standard InChI is InChI=1S/C15H13BrClF2NO2/c1-15(2,3)22-14(21)20-7-8(16)4-12(20)10-5-9(17)6-11(18)13(10)19/h4-7H,1-3H3. The number of hydrogen-bond donors (Lipinski definition) is 0. The summed E-state index contributed by atoms with van der Waals surface area (Å²) in [6, 6.07) is 3.61. The van der Waals surface area contributed by atoms with Crippen molar-refractivity contribution in [2.24, 2.45) is 0 Å². The molecule has 1 aromatic heterocycles. The van der Waals surface area contributed by atoms with Crippen LogP contribution in [0.4, 0.5) is 13.6 Å². The molecule has 0 amide bonds. The van der Waals surface area contributed by atoms with Crippen molar-refractivity contribution in [3.8, 4) is 11.3 Å². The largest absolute Gasteiger partial charge is 0.443 e. The second-order valence-corrected chi connectivity index (χ2v) is 7.00. The molecule has 1 aromatic carbocycles. The van der Waals surface area contributed by atoms with Crippen LogP contribution in [0, 0.1) is 11.6 Å². The highest BCUT2D eigenvalue weighted by Crippen LogP contribution is 2.31. The summed E-state index contributed by atoms with van der Waals surface area (Å²) < 4.78 is 34.5. The Labute approximate surface area is 140 Å². The molecule has 0 saturated carbocycles. The number of nitrogens with zero attached hydrogens (tertiary/aromatic N) is 1. The molecule has 0 bridgehead atoms. The van der Waals surface area contributed by atoms with Crippen molar-refractivity contribution in [1.29, 1.82) is 0 Å². The topological polar surface area (TPSA) is 31.2 Å². The van der Waals surface area contributed by atoms with E-state index < -0.39 is 23.3 Å². The lowest BCUT2D eigenvalue weighted by molar-refractivity contribution is 0.0540. The second kappa shape index (κ2) is 6.01. The minimum Gasteiger partial charge on any atom is -0.443 e. The van der Waals surface area contributed by atoms with E-state index in [4.69, 9.17) is 16.3 Å². The molecule has 2 rings (SSSR count). The van der Waals surface area contributed by atoms with Gasteiger partial charge >= 0.3 is 6.09 Å². The maximum Gasteiger partial charge on any atom is 0.419 e. The Balaban J connectivity index is 2.56. The molecule has 0 atom stereocenters. The molecule has 3 nitrogen and oxygen atoms in total. The molecule has 0 fully saturated rings. The highest BCUT2D eigenvalue weighted by molar-refractivity contribution is 9.10. The van der Waals surface area contributed by atoms with Crippen LogP contribution in [0.3, 0.4) is 0 Å². The van der Waals surface area contributed by atoms with Crippen molar-refractivity contribution >= 4 is 33.6 Å². The molecule has 0 N–H and O–H groups in total. The first kappa shape index (κ1) is 17.0. The van der Waals surface area contributed by atoms with Crippen LogP contribution in [0.2, 0.25) is 5.02 Å². The zero-order valence-electron chi connectivity index (χ0n) is 12.1. The summed E-state index contributed by atoms with van der Waals surface area (Å²) in [6.45, 7) is 5.13. The van der Waals surface area contributed by atoms with E-state index in [1.165, 1.54) is 18.3 Å². The van der Waals surface area contributed by atoms with Crippen molar-refractivity contribution in [3.63, 3.8) is 0 Å². The van der Waals surface area contributed by atoms with Crippen LogP contribution in [0.1, 0.15) is 20.8 Å². The lowest BCUT2D eigenvalue weighted by atomic mass is 10.1. The van der Waals surface area contributed by atoms with Gasteiger partial charge in [0.1, 0.15) is 5.60 Å². The summed E-state index contributed by atoms with van der Waals surface area (Å²) in [7, 11) is 0. The second-order valence-electron chi connectivity index (χ2n) is 5.64. The van der Waals surface area contributed by atoms with Gasteiger partial charge in [-0.1, -0.05) is 11.6 Å². The number of aromatic nitrogens is 1. The molecule has 7 heteroatoms. The smallest absolute Gasteiger partial charge is 0.419 e. The summed E-state index contributed by atoms with van der Waals surface area (Å²) in [5, 5.41) is 0.0296. The van der Waals surface area contributed by atoms with E-state index >= 15 is 0 Å².